The predicted molar refractivity (Wildman–Crippen MR) is 351 cm³/mol. The first-order valence-electron chi connectivity index (χ1n) is 35.4. The molecule has 522 valence electrons. The molecule has 0 aromatic carbocycles. The molecular weight excluding hydrogens is 1130 g/mol. The molecule has 15 nitrogen and oxygen atoms in total. The fourth-order valence-corrected chi connectivity index (χ4v) is 9.62. The molecule has 0 heterocycles. The van der Waals surface area contributed by atoms with Crippen molar-refractivity contribution in [3.8, 4) is 0 Å². The number of methoxy groups -OCH3 is 1. The molecule has 0 aromatic heterocycles. The van der Waals surface area contributed by atoms with Gasteiger partial charge in [-0.05, 0) is 70.6 Å². The fourth-order valence-electron chi connectivity index (χ4n) is 9.62. The average molecular weight is 1270 g/mol. The number of unbranched alkanes of at least 4 members (excludes halogenated alkanes) is 33. The number of halogens is 3. The van der Waals surface area contributed by atoms with Gasteiger partial charge in [0.1, 0.15) is 19.3 Å². The van der Waals surface area contributed by atoms with Crippen LogP contribution in [0.1, 0.15) is 271 Å². The Morgan fingerprint density at radius 1 is 0.386 bits per heavy atom. The van der Waals surface area contributed by atoms with Crippen molar-refractivity contribution in [2.45, 2.75) is 290 Å². The lowest BCUT2D eigenvalue weighted by molar-refractivity contribution is -0.192. The van der Waals surface area contributed by atoms with Crippen molar-refractivity contribution in [1.82, 2.24) is 10.6 Å². The number of aliphatic carboxylic acids is 1. The van der Waals surface area contributed by atoms with E-state index in [0.717, 1.165) is 38.9 Å². The van der Waals surface area contributed by atoms with Crippen molar-refractivity contribution in [1.29, 1.82) is 0 Å². The van der Waals surface area contributed by atoms with Crippen LogP contribution in [0, 0.1) is 0 Å². The number of carboxylic acid groups (broad SMARTS) is 1. The summed E-state index contributed by atoms with van der Waals surface area (Å²) in [7, 11) is 1.60. The van der Waals surface area contributed by atoms with E-state index < -0.39 is 18.1 Å². The molecule has 0 aliphatic carbocycles. The number of nitrogens with one attached hydrogen (secondary N) is 2. The molecule has 2 unspecified atom stereocenters. The highest BCUT2D eigenvalue weighted by molar-refractivity contribution is 5.73. The van der Waals surface area contributed by atoms with Gasteiger partial charge in [-0.3, -0.25) is 9.59 Å². The first-order valence-corrected chi connectivity index (χ1v) is 35.4. The summed E-state index contributed by atoms with van der Waals surface area (Å²) < 4.78 is 84.0. The van der Waals surface area contributed by atoms with Gasteiger partial charge in [0.25, 0.3) is 0 Å². The van der Waals surface area contributed by atoms with Gasteiger partial charge in [-0.2, -0.15) is 13.2 Å². The maximum absolute atomic E-state index is 12.0. The van der Waals surface area contributed by atoms with Gasteiger partial charge < -0.3 is 58.4 Å². The van der Waals surface area contributed by atoms with Crippen LogP contribution < -0.4 is 10.6 Å². The van der Waals surface area contributed by atoms with Crippen molar-refractivity contribution in [3.63, 3.8) is 0 Å². The Labute approximate surface area is 534 Å². The van der Waals surface area contributed by atoms with Crippen LogP contribution in [0.25, 0.3) is 0 Å². The first-order chi connectivity index (χ1) is 43.0. The Morgan fingerprint density at radius 3 is 1.12 bits per heavy atom. The smallest absolute Gasteiger partial charge is 0.475 e. The largest absolute Gasteiger partial charge is 0.490 e. The van der Waals surface area contributed by atoms with E-state index in [4.69, 9.17) is 52.5 Å². The van der Waals surface area contributed by atoms with Gasteiger partial charge in [-0.15, -0.1) is 0 Å². The van der Waals surface area contributed by atoms with E-state index >= 15 is 0 Å². The highest BCUT2D eigenvalue weighted by atomic mass is 19.4. The zero-order chi connectivity index (χ0) is 64.6. The SMILES string of the molecule is CCCCCCCC/C=C\CCCCCCCCOCC(OCCCCCCCC/C=C\CCCCCCCC)C(CCCCCCCCCCCC)OCCOCCOCCOCCOC(=O)CNCCOC(=O)CNCCOC.O=C(O)C(F)(F)F. The van der Waals surface area contributed by atoms with Gasteiger partial charge in [0.2, 0.25) is 0 Å². The number of esters is 2. The molecule has 2 atom stereocenters. The third-order valence-corrected chi connectivity index (χ3v) is 14.9. The minimum Gasteiger partial charge on any atom is -0.475 e. The lowest BCUT2D eigenvalue weighted by Gasteiger charge is -2.28. The molecule has 0 bridgehead atoms. The average Bonchev–Trinajstić information content (AvgIpc) is 3.56. The minimum atomic E-state index is -5.08. The Bertz CT molecular complexity index is 1500. The lowest BCUT2D eigenvalue weighted by Crippen LogP contribution is -2.37. The molecular formula is C70H133F3N2O13. The van der Waals surface area contributed by atoms with Crippen LogP contribution >= 0.6 is 0 Å². The second-order valence-electron chi connectivity index (χ2n) is 23.2. The first kappa shape index (κ1) is 87.4. The van der Waals surface area contributed by atoms with Gasteiger partial charge in [0, 0.05) is 33.4 Å². The number of carbonyl (C=O) groups is 3. The number of ether oxygens (including phenoxy) is 9. The van der Waals surface area contributed by atoms with Crippen LogP contribution in [0.15, 0.2) is 24.3 Å². The van der Waals surface area contributed by atoms with Crippen LogP contribution in [0.3, 0.4) is 0 Å². The van der Waals surface area contributed by atoms with Gasteiger partial charge >= 0.3 is 24.1 Å². The summed E-state index contributed by atoms with van der Waals surface area (Å²) in [5, 5.41) is 13.0. The van der Waals surface area contributed by atoms with E-state index in [9.17, 15) is 22.8 Å². The molecule has 0 radical (unpaired) electrons. The number of allylic oxidation sites excluding steroid dienone is 4. The molecule has 0 aromatic rings. The molecule has 0 amide bonds. The zero-order valence-electron chi connectivity index (χ0n) is 56.5. The number of hydrogen-bond donors (Lipinski definition) is 3. The fraction of sp³-hybridized carbons (Fsp3) is 0.900. The highest BCUT2D eigenvalue weighted by Gasteiger charge is 2.38. The molecule has 0 fully saturated rings. The third kappa shape index (κ3) is 72.4. The summed E-state index contributed by atoms with van der Waals surface area (Å²) in [5.41, 5.74) is 0. The van der Waals surface area contributed by atoms with Crippen molar-refractivity contribution in [2.24, 2.45) is 0 Å². The summed E-state index contributed by atoms with van der Waals surface area (Å²) >= 11 is 0. The van der Waals surface area contributed by atoms with Gasteiger partial charge in [0.05, 0.1) is 78.7 Å². The monoisotopic (exact) mass is 1270 g/mol. The van der Waals surface area contributed by atoms with Gasteiger partial charge in [0.15, 0.2) is 0 Å². The van der Waals surface area contributed by atoms with Crippen molar-refractivity contribution in [3.05, 3.63) is 24.3 Å². The maximum Gasteiger partial charge on any atom is 0.490 e. The molecule has 3 N–H and O–H groups in total. The van der Waals surface area contributed by atoms with Crippen LogP contribution in [0.5, 0.6) is 0 Å². The van der Waals surface area contributed by atoms with Crippen molar-refractivity contribution < 1.29 is 75.3 Å². The predicted octanol–water partition coefficient (Wildman–Crippen LogP) is 16.8. The summed E-state index contributed by atoms with van der Waals surface area (Å²) in [6.45, 7) is 13.9. The lowest BCUT2D eigenvalue weighted by atomic mass is 10.0. The Kier molecular flexibility index (Phi) is 72.9. The van der Waals surface area contributed by atoms with E-state index in [0.29, 0.717) is 65.9 Å². The van der Waals surface area contributed by atoms with E-state index in [1.165, 1.54) is 225 Å². The van der Waals surface area contributed by atoms with E-state index in [1.807, 2.05) is 0 Å². The van der Waals surface area contributed by atoms with E-state index in [-0.39, 0.29) is 51.1 Å². The van der Waals surface area contributed by atoms with Crippen LogP contribution in [0.4, 0.5) is 13.2 Å². The highest BCUT2D eigenvalue weighted by Crippen LogP contribution is 2.19. The molecule has 0 aliphatic heterocycles. The minimum absolute atomic E-state index is 0.0250. The molecule has 88 heavy (non-hydrogen) atoms. The normalized spacial score (nSPS) is 12.5. The molecule has 18 heteroatoms. The second kappa shape index (κ2) is 73.4. The van der Waals surface area contributed by atoms with Gasteiger partial charge in [-0.25, -0.2) is 4.79 Å². The second-order valence-corrected chi connectivity index (χ2v) is 23.2. The molecule has 0 saturated heterocycles. The third-order valence-electron chi connectivity index (χ3n) is 14.9. The molecule has 0 spiro atoms. The van der Waals surface area contributed by atoms with Crippen LogP contribution in [-0.4, -0.2) is 161 Å². The maximum atomic E-state index is 12.0. The number of carboxylic acids is 1. The summed E-state index contributed by atoms with van der Waals surface area (Å²) in [5.74, 6) is -3.51. The number of hydrogen-bond acceptors (Lipinski definition) is 14. The van der Waals surface area contributed by atoms with Crippen LogP contribution in [0.2, 0.25) is 0 Å². The Balaban J connectivity index is 0. The van der Waals surface area contributed by atoms with E-state index in [1.54, 1.807) is 7.11 Å². The summed E-state index contributed by atoms with van der Waals surface area (Å²) in [4.78, 5) is 32.5. The topological polar surface area (TPSA) is 179 Å². The Morgan fingerprint density at radius 2 is 0.716 bits per heavy atom. The van der Waals surface area contributed by atoms with Crippen LogP contribution in [-0.2, 0) is 57.0 Å². The number of alkyl halides is 3. The number of carbonyl (C=O) groups excluding carboxylic acids is 2. The quantitative estimate of drug-likeness (QED) is 0.0297. The summed E-state index contributed by atoms with van der Waals surface area (Å²) in [6.07, 6.45) is 54.9. The molecule has 0 aliphatic rings. The van der Waals surface area contributed by atoms with Crippen molar-refractivity contribution in [2.75, 3.05) is 119 Å². The number of rotatable bonds is 70. The summed E-state index contributed by atoms with van der Waals surface area (Å²) in [6, 6.07) is 0. The molecule has 0 saturated carbocycles. The van der Waals surface area contributed by atoms with Gasteiger partial charge in [-0.1, -0.05) is 225 Å². The van der Waals surface area contributed by atoms with Crippen molar-refractivity contribution >= 4 is 17.9 Å². The molecule has 0 rings (SSSR count). The standard InChI is InChI=1S/C68H132N2O11.C2HF3O2/c1-5-8-11-14-17-20-23-25-27-29-31-33-36-39-42-45-50-77-64-66(78-51-46-43-40-37-34-32-30-28-26-24-21-18-15-12-9-6-2)65(47-44-41-38-35-22-19-16-13-10-7-3)79-60-58-75-56-54-74-55-57-76-59-61-81-68(72)63-70-49-53-80-67(71)62-69-48-52-73-4;3-2(4,5)1(6)7/h25-28,65-66,69-70H,5-24,29-64H2,1-4H3;(H,6,7)/b27-25-,28-26-;. The Hall–Kier alpha value is -2.68. The zero-order valence-corrected chi connectivity index (χ0v) is 56.5. The van der Waals surface area contributed by atoms with E-state index in [2.05, 4.69) is 55.7 Å².